The smallest absolute Gasteiger partial charge is 0.329 e. The van der Waals surface area contributed by atoms with Crippen molar-refractivity contribution in [1.82, 2.24) is 4.90 Å². The lowest BCUT2D eigenvalue weighted by Crippen LogP contribution is -2.61. The Hall–Kier alpha value is -3.42. The number of carbonyl (C=O) groups excluding carboxylic acids is 5. The third kappa shape index (κ3) is 18.3. The number of carbonyl (C=O) groups is 5. The Morgan fingerprint density at radius 2 is 1.56 bits per heavy atom. The highest BCUT2D eigenvalue weighted by Crippen LogP contribution is 2.39. The fourth-order valence-corrected chi connectivity index (χ4v) is 11.9. The summed E-state index contributed by atoms with van der Waals surface area (Å²) in [5.41, 5.74) is 1.30. The summed E-state index contributed by atoms with van der Waals surface area (Å²) >= 11 is 0. The molecule has 3 heterocycles. The van der Waals surface area contributed by atoms with Gasteiger partial charge in [0.05, 0.1) is 36.8 Å². The molecule has 2 saturated carbocycles. The van der Waals surface area contributed by atoms with Crippen LogP contribution in [0.5, 0.6) is 0 Å². The summed E-state index contributed by atoms with van der Waals surface area (Å²) < 4.78 is 60.1. The minimum atomic E-state index is -3.12. The maximum atomic E-state index is 14.6. The average Bonchev–Trinajstić information content (AvgIpc) is 4.21. The SMILES string of the molecule is CO[C@@H]1C[C@H](C[C@@H](C)[C@@H]2CC(=O)[C@H](C)/C=C(\C)[C@@H](O)[C@@H](OC)C(=O)[C@H](C)C[C@H](C)/C=C/C=C/C=C(\C)C(OCC3CC3)C[C@@H]3CC[C@@H](C)[C@@](O)(O3)C(=O)C(=O)N3CCCC[C@H]3C(=O)O2)CC[C@H]1OCCCS(C)(=O)=O. The predicted molar refractivity (Wildman–Crippen MR) is 285 cm³/mol. The predicted octanol–water partition coefficient (Wildman–Crippen LogP) is 7.42. The molecule has 0 radical (unpaired) electrons. The number of piperidine rings is 1. The maximum Gasteiger partial charge on any atom is 0.329 e. The van der Waals surface area contributed by atoms with Crippen LogP contribution in [0.1, 0.15) is 145 Å². The van der Waals surface area contributed by atoms with Crippen molar-refractivity contribution in [3.63, 3.8) is 0 Å². The fourth-order valence-electron chi connectivity index (χ4n) is 11.3. The number of sulfone groups is 1. The number of aliphatic hydroxyl groups is 2. The summed E-state index contributed by atoms with van der Waals surface area (Å²) in [6.07, 6.45) is 15.6. The molecule has 2 aliphatic carbocycles. The van der Waals surface area contributed by atoms with Crippen molar-refractivity contribution in [2.75, 3.05) is 46.0 Å². The summed E-state index contributed by atoms with van der Waals surface area (Å²) in [5, 5.41) is 23.7. The molecule has 1 amide bonds. The number of rotatable bonds is 13. The van der Waals surface area contributed by atoms with E-state index in [0.29, 0.717) is 82.3 Å². The first-order valence-corrected chi connectivity index (χ1v) is 29.9. The van der Waals surface area contributed by atoms with Gasteiger partial charge in [-0.1, -0.05) is 71.1 Å². The van der Waals surface area contributed by atoms with Gasteiger partial charge in [0.15, 0.2) is 5.78 Å². The van der Waals surface area contributed by atoms with E-state index in [1.165, 1.54) is 18.3 Å². The van der Waals surface area contributed by atoms with Gasteiger partial charge in [-0.05, 0) is 132 Å². The number of methoxy groups -OCH3 is 2. The normalized spacial score (nSPS) is 37.8. The zero-order valence-corrected chi connectivity index (χ0v) is 47.4. The second-order valence-electron chi connectivity index (χ2n) is 23.0. The molecule has 424 valence electrons. The molecular weight excluding hydrogens is 983 g/mol. The average molecular weight is 1070 g/mol. The Bertz CT molecular complexity index is 2170. The van der Waals surface area contributed by atoms with Crippen molar-refractivity contribution in [2.24, 2.45) is 41.4 Å². The van der Waals surface area contributed by atoms with E-state index in [4.69, 9.17) is 28.4 Å². The molecule has 3 aliphatic heterocycles. The van der Waals surface area contributed by atoms with Crippen LogP contribution in [0.15, 0.2) is 47.6 Å². The Labute approximate surface area is 447 Å². The van der Waals surface area contributed by atoms with Gasteiger partial charge >= 0.3 is 5.97 Å². The van der Waals surface area contributed by atoms with Crippen molar-refractivity contribution in [1.29, 1.82) is 0 Å². The van der Waals surface area contributed by atoms with E-state index in [0.717, 1.165) is 24.8 Å². The van der Waals surface area contributed by atoms with Crippen LogP contribution < -0.4 is 0 Å². The number of aliphatic hydroxyl groups excluding tert-OH is 1. The third-order valence-electron chi connectivity index (χ3n) is 16.4. The highest BCUT2D eigenvalue weighted by Gasteiger charge is 2.53. The van der Waals surface area contributed by atoms with Gasteiger partial charge in [-0.25, -0.2) is 13.2 Å². The molecule has 2 bridgehead atoms. The largest absolute Gasteiger partial charge is 0.460 e. The van der Waals surface area contributed by atoms with E-state index < -0.39 is 81.5 Å². The molecule has 0 aromatic rings. The van der Waals surface area contributed by atoms with Crippen LogP contribution in [0.3, 0.4) is 0 Å². The van der Waals surface area contributed by atoms with Gasteiger partial charge in [0, 0.05) is 64.2 Å². The van der Waals surface area contributed by atoms with Crippen LogP contribution in [0.2, 0.25) is 0 Å². The van der Waals surface area contributed by atoms with Gasteiger partial charge in [0.2, 0.25) is 5.79 Å². The van der Waals surface area contributed by atoms with Gasteiger partial charge in [-0.2, -0.15) is 0 Å². The molecule has 1 unspecified atom stereocenters. The summed E-state index contributed by atoms with van der Waals surface area (Å²) in [4.78, 5) is 72.9. The standard InChI is InChI=1S/C58H91NO15S/c1-36-17-12-11-13-18-37(2)49(72-35-43-21-22-43)33-45-24-20-42(7)58(66,74-45)55(63)56(64)59-26-15-14-19-46(59)57(65)73-50(34-47(60)38(3)30-41(6)53(62)54(70-9)52(61)40(5)29-36)39(4)31-44-23-25-48(51(32-44)69-8)71-27-16-28-75(10,67)68/h11-13,17-18,30,36,38-40,42-46,48-51,53-54,62,66H,14-16,19-29,31-35H2,1-10H3/b13-11+,17-12+,37-18+,41-30+/t36-,38-,39-,40-,42-,44+,45+,46+,48-,49?,50+,51-,53-,54+,58-/m1/s1. The summed E-state index contributed by atoms with van der Waals surface area (Å²) in [6.45, 7) is 13.7. The Balaban J connectivity index is 1.44. The molecule has 16 nitrogen and oxygen atoms in total. The molecule has 5 rings (SSSR count). The second kappa shape index (κ2) is 29.0. The second-order valence-corrected chi connectivity index (χ2v) is 25.2. The summed E-state index contributed by atoms with van der Waals surface area (Å²) in [7, 11) is -0.127. The van der Waals surface area contributed by atoms with E-state index in [2.05, 4.69) is 0 Å². The van der Waals surface area contributed by atoms with Gasteiger partial charge in [0.1, 0.15) is 40.0 Å². The van der Waals surface area contributed by atoms with Gasteiger partial charge < -0.3 is 43.5 Å². The van der Waals surface area contributed by atoms with E-state index in [1.54, 1.807) is 34.0 Å². The molecule has 75 heavy (non-hydrogen) atoms. The molecule has 4 fully saturated rings. The number of hydrogen-bond donors (Lipinski definition) is 2. The number of allylic oxidation sites excluding steroid dienone is 6. The Morgan fingerprint density at radius 3 is 2.24 bits per heavy atom. The van der Waals surface area contributed by atoms with E-state index in [-0.39, 0.29) is 79.4 Å². The van der Waals surface area contributed by atoms with E-state index in [9.17, 15) is 42.6 Å². The highest BCUT2D eigenvalue weighted by molar-refractivity contribution is 7.90. The number of amides is 1. The van der Waals surface area contributed by atoms with Crippen LogP contribution in [0.25, 0.3) is 0 Å². The number of cyclic esters (lactones) is 1. The summed E-state index contributed by atoms with van der Waals surface area (Å²) in [5.74, 6) is -7.63. The van der Waals surface area contributed by atoms with Crippen LogP contribution in [-0.4, -0.2) is 153 Å². The molecule has 0 spiro atoms. The topological polar surface area (TPSA) is 219 Å². The van der Waals surface area contributed by atoms with E-state index >= 15 is 0 Å². The van der Waals surface area contributed by atoms with Crippen molar-refractivity contribution in [2.45, 2.75) is 199 Å². The van der Waals surface area contributed by atoms with Crippen molar-refractivity contribution >= 4 is 39.1 Å². The molecule has 2 saturated heterocycles. The van der Waals surface area contributed by atoms with Crippen molar-refractivity contribution in [3.8, 4) is 0 Å². The van der Waals surface area contributed by atoms with Crippen LogP contribution in [0.4, 0.5) is 0 Å². The summed E-state index contributed by atoms with van der Waals surface area (Å²) in [6, 6.07) is -1.16. The first kappa shape index (κ1) is 62.4. The van der Waals surface area contributed by atoms with Gasteiger partial charge in [-0.3, -0.25) is 19.2 Å². The van der Waals surface area contributed by atoms with Crippen molar-refractivity contribution < 1.29 is 71.0 Å². The first-order valence-electron chi connectivity index (χ1n) is 27.8. The highest BCUT2D eigenvalue weighted by atomic mass is 32.2. The van der Waals surface area contributed by atoms with E-state index in [1.807, 2.05) is 58.1 Å². The molecule has 15 atom stereocenters. The van der Waals surface area contributed by atoms with Crippen LogP contribution in [-0.2, 0) is 62.2 Å². The third-order valence-corrected chi connectivity index (χ3v) is 17.4. The number of fused-ring (bicyclic) bond motifs is 3. The fraction of sp³-hybridized carbons (Fsp3) is 0.776. The Kier molecular flexibility index (Phi) is 24.1. The van der Waals surface area contributed by atoms with Gasteiger partial charge in [-0.15, -0.1) is 0 Å². The van der Waals surface area contributed by atoms with Crippen LogP contribution in [0, 0.1) is 41.4 Å². The zero-order valence-electron chi connectivity index (χ0n) is 46.6. The number of Topliss-reactive ketones (excluding diaryl/α,β-unsaturated/α-hetero) is 3. The number of ether oxygens (including phenoxy) is 6. The molecule has 5 aliphatic rings. The molecular formula is C58H91NO15S. The number of nitrogens with zero attached hydrogens (tertiary/aromatic N) is 1. The monoisotopic (exact) mass is 1070 g/mol. The quantitative estimate of drug-likeness (QED) is 0.0794. The molecule has 0 aromatic heterocycles. The maximum absolute atomic E-state index is 14.6. The van der Waals surface area contributed by atoms with Crippen molar-refractivity contribution in [3.05, 3.63) is 47.6 Å². The minimum absolute atomic E-state index is 0.00774. The molecule has 0 aromatic carbocycles. The minimum Gasteiger partial charge on any atom is -0.460 e. The lowest BCUT2D eigenvalue weighted by atomic mass is 9.78. The lowest BCUT2D eigenvalue weighted by molar-refractivity contribution is -0.266. The zero-order chi connectivity index (χ0) is 55.2. The Morgan fingerprint density at radius 1 is 0.840 bits per heavy atom. The molecule has 2 N–H and O–H groups in total. The lowest BCUT2D eigenvalue weighted by Gasteiger charge is -2.43. The number of esters is 1. The number of ketones is 3. The number of hydrogen-bond acceptors (Lipinski definition) is 15. The molecule has 17 heteroatoms. The van der Waals surface area contributed by atoms with Crippen LogP contribution >= 0.6 is 0 Å². The van der Waals surface area contributed by atoms with Gasteiger partial charge in [0.25, 0.3) is 11.7 Å². The first-order chi connectivity index (χ1) is 35.5.